The van der Waals surface area contributed by atoms with Crippen molar-refractivity contribution in [2.75, 3.05) is 14.2 Å². The highest BCUT2D eigenvalue weighted by atomic mass is 16.5. The summed E-state index contributed by atoms with van der Waals surface area (Å²) in [7, 11) is 2.98. The van der Waals surface area contributed by atoms with Crippen molar-refractivity contribution in [3.05, 3.63) is 96.0 Å². The van der Waals surface area contributed by atoms with Crippen LogP contribution in [0.4, 0.5) is 0 Å². The van der Waals surface area contributed by atoms with Gasteiger partial charge in [0.25, 0.3) is 0 Å². The minimum atomic E-state index is -0.396. The highest BCUT2D eigenvalue weighted by Gasteiger charge is 2.22. The van der Waals surface area contributed by atoms with Gasteiger partial charge in [0, 0.05) is 6.08 Å². The Balaban J connectivity index is 2.44. The molecule has 2 aromatic carbocycles. The quantitative estimate of drug-likeness (QED) is 0.439. The molecule has 2 aromatic rings. The number of carbonyl (C=O) groups is 1. The van der Waals surface area contributed by atoms with E-state index in [1.807, 2.05) is 60.7 Å². The zero-order valence-corrected chi connectivity index (χ0v) is 13.4. The Morgan fingerprint density at radius 2 is 1.39 bits per heavy atom. The lowest BCUT2D eigenvalue weighted by molar-refractivity contribution is -0.115. The zero-order chi connectivity index (χ0) is 16.7. The molecule has 0 radical (unpaired) electrons. The van der Waals surface area contributed by atoms with Crippen LogP contribution in [0, 0.1) is 0 Å². The van der Waals surface area contributed by atoms with Gasteiger partial charge >= 0.3 is 0 Å². The summed E-state index contributed by atoms with van der Waals surface area (Å²) in [5, 5.41) is 0. The normalized spacial score (nSPS) is 11.2. The standard InChI is InChI=1S/C20H20O3/c1-15(22-2)19(23-3)14-18(21)20(16-10-6-4-7-11-16)17-12-8-5-9-13-17/h4-14,20H,1H2,2-3H3/b19-14-. The van der Waals surface area contributed by atoms with E-state index >= 15 is 0 Å². The van der Waals surface area contributed by atoms with Crippen LogP contribution in [0.1, 0.15) is 17.0 Å². The highest BCUT2D eigenvalue weighted by Crippen LogP contribution is 2.27. The summed E-state index contributed by atoms with van der Waals surface area (Å²) in [6.07, 6.45) is 1.44. The molecule has 0 saturated carbocycles. The summed E-state index contributed by atoms with van der Waals surface area (Å²) in [6.45, 7) is 3.73. The van der Waals surface area contributed by atoms with Crippen LogP contribution in [0.3, 0.4) is 0 Å². The first kappa shape index (κ1) is 16.6. The Labute approximate surface area is 136 Å². The molecule has 0 unspecified atom stereocenters. The van der Waals surface area contributed by atoms with Crippen LogP contribution in [-0.4, -0.2) is 20.0 Å². The van der Waals surface area contributed by atoms with Gasteiger partial charge in [-0.3, -0.25) is 4.79 Å². The number of benzene rings is 2. The van der Waals surface area contributed by atoms with Gasteiger partial charge in [0.1, 0.15) is 0 Å². The van der Waals surface area contributed by atoms with Gasteiger partial charge in [0.2, 0.25) is 0 Å². The van der Waals surface area contributed by atoms with E-state index in [2.05, 4.69) is 6.58 Å². The fourth-order valence-electron chi connectivity index (χ4n) is 2.38. The molecule has 2 rings (SSSR count). The van der Waals surface area contributed by atoms with Crippen LogP contribution in [0.15, 0.2) is 84.8 Å². The van der Waals surface area contributed by atoms with Gasteiger partial charge < -0.3 is 9.47 Å². The molecule has 0 bridgehead atoms. The second-order valence-electron chi connectivity index (χ2n) is 5.00. The molecule has 3 heteroatoms. The molecule has 0 spiro atoms. The molecule has 23 heavy (non-hydrogen) atoms. The number of rotatable bonds is 7. The van der Waals surface area contributed by atoms with E-state index in [4.69, 9.17) is 9.47 Å². The monoisotopic (exact) mass is 308 g/mol. The minimum absolute atomic E-state index is 0.0857. The number of carbonyl (C=O) groups excluding carboxylic acids is 1. The fraction of sp³-hybridized carbons (Fsp3) is 0.150. The van der Waals surface area contributed by atoms with E-state index < -0.39 is 5.92 Å². The lowest BCUT2D eigenvalue weighted by Gasteiger charge is -2.16. The maximum absolute atomic E-state index is 12.9. The Kier molecular flexibility index (Phi) is 5.75. The minimum Gasteiger partial charge on any atom is -0.493 e. The Bertz CT molecular complexity index is 648. The van der Waals surface area contributed by atoms with Crippen LogP contribution in [0.25, 0.3) is 0 Å². The number of hydrogen-bond donors (Lipinski definition) is 0. The molecule has 118 valence electrons. The maximum Gasteiger partial charge on any atom is 0.171 e. The molecule has 0 saturated heterocycles. The van der Waals surface area contributed by atoms with Gasteiger partial charge in [-0.1, -0.05) is 67.2 Å². The van der Waals surface area contributed by atoms with Crippen molar-refractivity contribution in [1.29, 1.82) is 0 Å². The molecule has 0 amide bonds. The molecule has 0 aliphatic heterocycles. The van der Waals surface area contributed by atoms with E-state index in [1.165, 1.54) is 20.3 Å². The first-order valence-corrected chi connectivity index (χ1v) is 7.30. The fourth-order valence-corrected chi connectivity index (χ4v) is 2.38. The molecule has 0 aliphatic rings. The number of ether oxygens (including phenoxy) is 2. The predicted molar refractivity (Wildman–Crippen MR) is 91.0 cm³/mol. The molecular formula is C20H20O3. The van der Waals surface area contributed by atoms with Crippen LogP contribution in [0.2, 0.25) is 0 Å². The third kappa shape index (κ3) is 4.10. The summed E-state index contributed by atoms with van der Waals surface area (Å²) in [5.41, 5.74) is 1.86. The van der Waals surface area contributed by atoms with Gasteiger partial charge in [0.05, 0.1) is 20.1 Å². The van der Waals surface area contributed by atoms with Crippen molar-refractivity contribution in [3.8, 4) is 0 Å². The zero-order valence-electron chi connectivity index (χ0n) is 13.4. The van der Waals surface area contributed by atoms with Crippen molar-refractivity contribution in [1.82, 2.24) is 0 Å². The second-order valence-corrected chi connectivity index (χ2v) is 5.00. The third-order valence-electron chi connectivity index (χ3n) is 3.56. The Hall–Kier alpha value is -2.81. The van der Waals surface area contributed by atoms with Gasteiger partial charge in [-0.05, 0) is 11.1 Å². The number of methoxy groups -OCH3 is 2. The lowest BCUT2D eigenvalue weighted by atomic mass is 9.87. The van der Waals surface area contributed by atoms with Crippen molar-refractivity contribution in [2.24, 2.45) is 0 Å². The first-order valence-electron chi connectivity index (χ1n) is 7.30. The average molecular weight is 308 g/mol. The van der Waals surface area contributed by atoms with Crippen molar-refractivity contribution in [2.45, 2.75) is 5.92 Å². The van der Waals surface area contributed by atoms with E-state index in [1.54, 1.807) is 0 Å². The van der Waals surface area contributed by atoms with E-state index in [9.17, 15) is 4.79 Å². The predicted octanol–water partition coefficient (Wildman–Crippen LogP) is 4.08. The second kappa shape index (κ2) is 7.99. The Morgan fingerprint density at radius 3 is 1.78 bits per heavy atom. The molecule has 0 atom stereocenters. The van der Waals surface area contributed by atoms with Crippen LogP contribution < -0.4 is 0 Å². The van der Waals surface area contributed by atoms with Gasteiger partial charge in [-0.2, -0.15) is 0 Å². The van der Waals surface area contributed by atoms with Crippen molar-refractivity contribution < 1.29 is 14.3 Å². The summed E-state index contributed by atoms with van der Waals surface area (Å²) in [5.74, 6) is 0.166. The maximum atomic E-state index is 12.9. The molecule has 0 heterocycles. The largest absolute Gasteiger partial charge is 0.493 e. The van der Waals surface area contributed by atoms with Crippen molar-refractivity contribution >= 4 is 5.78 Å². The summed E-state index contributed by atoms with van der Waals surface area (Å²) in [6, 6.07) is 19.3. The van der Waals surface area contributed by atoms with Crippen LogP contribution >= 0.6 is 0 Å². The van der Waals surface area contributed by atoms with E-state index in [0.29, 0.717) is 11.5 Å². The molecule has 3 nitrogen and oxygen atoms in total. The number of allylic oxidation sites excluding steroid dienone is 1. The van der Waals surface area contributed by atoms with Gasteiger partial charge in [0.15, 0.2) is 17.3 Å². The summed E-state index contributed by atoms with van der Waals surface area (Å²) >= 11 is 0. The molecule has 0 aromatic heterocycles. The third-order valence-corrected chi connectivity index (χ3v) is 3.56. The molecule has 0 N–H and O–H groups in total. The molecule has 0 aliphatic carbocycles. The highest BCUT2D eigenvalue weighted by molar-refractivity contribution is 5.98. The smallest absolute Gasteiger partial charge is 0.171 e. The number of ketones is 1. The lowest BCUT2D eigenvalue weighted by Crippen LogP contribution is -2.13. The molecular weight excluding hydrogens is 288 g/mol. The first-order chi connectivity index (χ1) is 11.2. The SMILES string of the molecule is C=C(OC)/C(=C/C(=O)C(c1ccccc1)c1ccccc1)OC. The van der Waals surface area contributed by atoms with Gasteiger partial charge in [-0.25, -0.2) is 0 Å². The van der Waals surface area contributed by atoms with E-state index in [-0.39, 0.29) is 5.78 Å². The van der Waals surface area contributed by atoms with Crippen LogP contribution in [-0.2, 0) is 14.3 Å². The summed E-state index contributed by atoms with van der Waals surface area (Å²) < 4.78 is 10.3. The Morgan fingerprint density at radius 1 is 0.913 bits per heavy atom. The number of hydrogen-bond acceptors (Lipinski definition) is 3. The average Bonchev–Trinajstić information content (AvgIpc) is 2.61. The molecule has 0 fully saturated rings. The van der Waals surface area contributed by atoms with Crippen LogP contribution in [0.5, 0.6) is 0 Å². The van der Waals surface area contributed by atoms with E-state index in [0.717, 1.165) is 11.1 Å². The van der Waals surface area contributed by atoms with Gasteiger partial charge in [-0.15, -0.1) is 0 Å². The topological polar surface area (TPSA) is 35.5 Å². The van der Waals surface area contributed by atoms with Crippen molar-refractivity contribution in [3.63, 3.8) is 0 Å². The summed E-state index contributed by atoms with van der Waals surface area (Å²) in [4.78, 5) is 12.9.